The van der Waals surface area contributed by atoms with Crippen molar-refractivity contribution in [3.8, 4) is 11.4 Å². The van der Waals surface area contributed by atoms with E-state index >= 15 is 0 Å². The van der Waals surface area contributed by atoms with Gasteiger partial charge in [-0.1, -0.05) is 12.1 Å². The van der Waals surface area contributed by atoms with Gasteiger partial charge in [-0.25, -0.2) is 4.68 Å². The Morgan fingerprint density at radius 1 is 1.45 bits per heavy atom. The molecule has 106 valence electrons. The Labute approximate surface area is 117 Å². The molecule has 1 unspecified atom stereocenters. The normalized spacial score (nSPS) is 22.3. The topological polar surface area (TPSA) is 78.9 Å². The van der Waals surface area contributed by atoms with Crippen molar-refractivity contribution in [2.75, 3.05) is 12.3 Å². The Morgan fingerprint density at radius 3 is 3.05 bits per heavy atom. The van der Waals surface area contributed by atoms with E-state index in [1.165, 1.54) is 0 Å². The van der Waals surface area contributed by atoms with Crippen LogP contribution in [0.15, 0.2) is 18.2 Å². The Morgan fingerprint density at radius 2 is 2.30 bits per heavy atom. The first-order valence-electron chi connectivity index (χ1n) is 6.85. The smallest absolute Gasteiger partial charge is 0.182 e. The summed E-state index contributed by atoms with van der Waals surface area (Å²) in [5.74, 6) is 0.742. The van der Waals surface area contributed by atoms with Crippen molar-refractivity contribution < 1.29 is 4.74 Å². The van der Waals surface area contributed by atoms with E-state index < -0.39 is 0 Å². The van der Waals surface area contributed by atoms with Gasteiger partial charge < -0.3 is 10.5 Å². The van der Waals surface area contributed by atoms with Gasteiger partial charge in [0, 0.05) is 17.9 Å². The number of tetrazole rings is 1. The van der Waals surface area contributed by atoms with Gasteiger partial charge in [0.2, 0.25) is 0 Å². The monoisotopic (exact) mass is 273 g/mol. The van der Waals surface area contributed by atoms with E-state index in [1.54, 1.807) is 0 Å². The quantitative estimate of drug-likeness (QED) is 0.863. The minimum atomic E-state index is -0.182. The number of ether oxygens (including phenoxy) is 1. The third-order valence-electron chi connectivity index (χ3n) is 3.93. The number of aromatic nitrogens is 4. The number of nitrogens with two attached hydrogens (primary N) is 1. The van der Waals surface area contributed by atoms with Crippen LogP contribution in [0.2, 0.25) is 0 Å². The number of anilines is 1. The molecule has 0 radical (unpaired) electrons. The van der Waals surface area contributed by atoms with Gasteiger partial charge in [-0.15, -0.1) is 5.10 Å². The maximum absolute atomic E-state index is 5.96. The summed E-state index contributed by atoms with van der Waals surface area (Å²) in [6, 6.07) is 5.80. The Kier molecular flexibility index (Phi) is 3.17. The lowest BCUT2D eigenvalue weighted by molar-refractivity contribution is 0.00355. The van der Waals surface area contributed by atoms with Gasteiger partial charge >= 0.3 is 0 Å². The molecule has 1 fully saturated rings. The van der Waals surface area contributed by atoms with Crippen molar-refractivity contribution in [2.45, 2.75) is 38.8 Å². The lowest BCUT2D eigenvalue weighted by atomic mass is 10.0. The number of rotatable bonds is 3. The first-order chi connectivity index (χ1) is 9.59. The van der Waals surface area contributed by atoms with Gasteiger partial charge in [-0.05, 0) is 48.7 Å². The van der Waals surface area contributed by atoms with E-state index in [-0.39, 0.29) is 5.60 Å². The van der Waals surface area contributed by atoms with Crippen LogP contribution in [0.5, 0.6) is 0 Å². The van der Waals surface area contributed by atoms with E-state index in [2.05, 4.69) is 22.4 Å². The molecule has 6 nitrogen and oxygen atoms in total. The molecule has 3 rings (SSSR count). The van der Waals surface area contributed by atoms with Crippen molar-refractivity contribution in [3.05, 3.63) is 23.8 Å². The Hall–Kier alpha value is -1.95. The molecule has 1 aliphatic heterocycles. The van der Waals surface area contributed by atoms with Gasteiger partial charge in [-0.2, -0.15) is 0 Å². The number of nitrogens with zero attached hydrogens (tertiary/aromatic N) is 4. The summed E-state index contributed by atoms with van der Waals surface area (Å²) in [5, 5.41) is 12.1. The molecule has 1 atom stereocenters. The zero-order chi connectivity index (χ0) is 14.2. The van der Waals surface area contributed by atoms with E-state index in [1.807, 2.05) is 29.8 Å². The molecule has 1 aromatic heterocycles. The van der Waals surface area contributed by atoms with Crippen LogP contribution in [-0.2, 0) is 11.3 Å². The van der Waals surface area contributed by atoms with Gasteiger partial charge in [0.05, 0.1) is 12.1 Å². The Bertz CT molecular complexity index is 616. The van der Waals surface area contributed by atoms with E-state index in [0.29, 0.717) is 6.54 Å². The molecule has 0 aliphatic carbocycles. The SMILES string of the molecule is Cc1c(N)cccc1-c1nnnn1CC1(C)CCCO1. The average molecular weight is 273 g/mol. The number of hydrogen-bond acceptors (Lipinski definition) is 5. The van der Waals surface area contributed by atoms with E-state index in [9.17, 15) is 0 Å². The van der Waals surface area contributed by atoms with E-state index in [4.69, 9.17) is 10.5 Å². The molecule has 2 N–H and O–H groups in total. The third kappa shape index (κ3) is 2.27. The maximum atomic E-state index is 5.96. The summed E-state index contributed by atoms with van der Waals surface area (Å²) in [5.41, 5.74) is 8.50. The average Bonchev–Trinajstić information content (AvgIpc) is 3.03. The highest BCUT2D eigenvalue weighted by atomic mass is 16.5. The predicted octanol–water partition coefficient (Wildman–Crippen LogP) is 1.80. The standard InChI is InChI=1S/C14H19N5O/c1-10-11(5-3-6-12(10)15)13-16-17-18-19(13)9-14(2)7-4-8-20-14/h3,5-6H,4,7-9,15H2,1-2H3. The van der Waals surface area contributed by atoms with Gasteiger partial charge in [0.25, 0.3) is 0 Å². The maximum Gasteiger partial charge on any atom is 0.182 e. The molecule has 0 spiro atoms. The lowest BCUT2D eigenvalue weighted by Crippen LogP contribution is -2.30. The van der Waals surface area contributed by atoms with Crippen LogP contribution in [0.4, 0.5) is 5.69 Å². The van der Waals surface area contributed by atoms with Gasteiger partial charge in [0.15, 0.2) is 5.82 Å². The van der Waals surface area contributed by atoms with Crippen molar-refractivity contribution in [1.82, 2.24) is 20.2 Å². The number of nitrogen functional groups attached to an aromatic ring is 1. The fourth-order valence-corrected chi connectivity index (χ4v) is 2.68. The molecule has 0 bridgehead atoms. The highest BCUT2D eigenvalue weighted by molar-refractivity contribution is 5.67. The van der Waals surface area contributed by atoms with Gasteiger partial charge in [-0.3, -0.25) is 0 Å². The Balaban J connectivity index is 1.96. The van der Waals surface area contributed by atoms with Crippen LogP contribution in [0.1, 0.15) is 25.3 Å². The second-order valence-electron chi connectivity index (χ2n) is 5.58. The molecule has 1 aliphatic rings. The summed E-state index contributed by atoms with van der Waals surface area (Å²) in [6.45, 7) is 5.56. The third-order valence-corrected chi connectivity index (χ3v) is 3.93. The summed E-state index contributed by atoms with van der Waals surface area (Å²) >= 11 is 0. The molecule has 20 heavy (non-hydrogen) atoms. The second kappa shape index (κ2) is 4.86. The number of benzene rings is 1. The fraction of sp³-hybridized carbons (Fsp3) is 0.500. The van der Waals surface area contributed by atoms with Crippen LogP contribution < -0.4 is 5.73 Å². The zero-order valence-electron chi connectivity index (χ0n) is 11.8. The molecule has 2 heterocycles. The van der Waals surface area contributed by atoms with E-state index in [0.717, 1.165) is 42.1 Å². The van der Waals surface area contributed by atoms with Crippen molar-refractivity contribution in [1.29, 1.82) is 0 Å². The van der Waals surface area contributed by atoms with Crippen LogP contribution in [0.25, 0.3) is 11.4 Å². The largest absolute Gasteiger partial charge is 0.398 e. The van der Waals surface area contributed by atoms with Crippen molar-refractivity contribution in [2.24, 2.45) is 0 Å². The van der Waals surface area contributed by atoms with Crippen molar-refractivity contribution >= 4 is 5.69 Å². The zero-order valence-corrected chi connectivity index (χ0v) is 11.8. The summed E-state index contributed by atoms with van der Waals surface area (Å²) in [6.07, 6.45) is 2.12. The molecule has 6 heteroatoms. The highest BCUT2D eigenvalue weighted by Crippen LogP contribution is 2.29. The fourth-order valence-electron chi connectivity index (χ4n) is 2.68. The van der Waals surface area contributed by atoms with Crippen LogP contribution in [-0.4, -0.2) is 32.4 Å². The molecule has 0 amide bonds. The molecule has 0 saturated carbocycles. The minimum Gasteiger partial charge on any atom is -0.398 e. The molecular formula is C14H19N5O. The predicted molar refractivity (Wildman–Crippen MR) is 76.0 cm³/mol. The van der Waals surface area contributed by atoms with Crippen molar-refractivity contribution in [3.63, 3.8) is 0 Å². The summed E-state index contributed by atoms with van der Waals surface area (Å²) < 4.78 is 7.63. The van der Waals surface area contributed by atoms with Gasteiger partial charge in [0.1, 0.15) is 0 Å². The minimum absolute atomic E-state index is 0.182. The molecule has 2 aromatic rings. The molecule has 1 saturated heterocycles. The first kappa shape index (κ1) is 13.1. The van der Waals surface area contributed by atoms with Crippen LogP contribution in [0, 0.1) is 6.92 Å². The summed E-state index contributed by atoms with van der Waals surface area (Å²) in [7, 11) is 0. The first-order valence-corrected chi connectivity index (χ1v) is 6.85. The molecule has 1 aromatic carbocycles. The van der Waals surface area contributed by atoms with Crippen LogP contribution in [0.3, 0.4) is 0 Å². The number of hydrogen-bond donors (Lipinski definition) is 1. The van der Waals surface area contributed by atoms with Crippen LogP contribution >= 0.6 is 0 Å². The molecular weight excluding hydrogens is 254 g/mol. The highest BCUT2D eigenvalue weighted by Gasteiger charge is 2.32. The lowest BCUT2D eigenvalue weighted by Gasteiger charge is -2.23. The second-order valence-corrected chi connectivity index (χ2v) is 5.58. The summed E-state index contributed by atoms with van der Waals surface area (Å²) in [4.78, 5) is 0.